The fourth-order valence-electron chi connectivity index (χ4n) is 4.51. The Bertz CT molecular complexity index is 784. The molecule has 154 valence electrons. The number of nitrogens with zero attached hydrogens (tertiary/aromatic N) is 2. The number of fused-ring (bicyclic) bond motifs is 1. The zero-order valence-corrected chi connectivity index (χ0v) is 17.6. The van der Waals surface area contributed by atoms with Gasteiger partial charge in [-0.25, -0.2) is 4.98 Å². The average molecular weight is 386 g/mol. The number of benzene rings is 1. The number of aliphatic hydroxyl groups excluding tert-OH is 1. The lowest BCUT2D eigenvalue weighted by atomic mass is 10.0. The standard InChI is InChI=1S/C23H35N3O2/c1-4-18(15-27)24-23(28)17-11-12-21-20(14-17)25-22(13-16-9-7-8-10-16)26(21)19(5-2)6-3/h11-12,14,16,18-19,27H,4-10,13,15H2,1-3H3,(H,24,28). The van der Waals surface area contributed by atoms with E-state index in [1.807, 2.05) is 25.1 Å². The molecule has 1 aliphatic rings. The lowest BCUT2D eigenvalue weighted by Crippen LogP contribution is -2.36. The smallest absolute Gasteiger partial charge is 0.251 e. The van der Waals surface area contributed by atoms with Gasteiger partial charge >= 0.3 is 0 Å². The van der Waals surface area contributed by atoms with Crippen LogP contribution >= 0.6 is 0 Å². The summed E-state index contributed by atoms with van der Waals surface area (Å²) in [6, 6.07) is 6.09. The molecule has 2 N–H and O–H groups in total. The maximum atomic E-state index is 12.6. The van der Waals surface area contributed by atoms with Crippen molar-refractivity contribution in [2.45, 2.75) is 84.2 Å². The van der Waals surface area contributed by atoms with Gasteiger partial charge in [-0.3, -0.25) is 4.79 Å². The molecule has 0 radical (unpaired) electrons. The molecule has 1 aromatic heterocycles. The second kappa shape index (κ2) is 9.55. The van der Waals surface area contributed by atoms with Crippen LogP contribution in [-0.2, 0) is 6.42 Å². The van der Waals surface area contributed by atoms with E-state index in [1.54, 1.807) is 0 Å². The van der Waals surface area contributed by atoms with E-state index in [-0.39, 0.29) is 18.6 Å². The topological polar surface area (TPSA) is 67.2 Å². The minimum Gasteiger partial charge on any atom is -0.394 e. The van der Waals surface area contributed by atoms with Gasteiger partial charge in [-0.2, -0.15) is 0 Å². The van der Waals surface area contributed by atoms with Crippen molar-refractivity contribution in [3.8, 4) is 0 Å². The number of hydrogen-bond donors (Lipinski definition) is 2. The van der Waals surface area contributed by atoms with E-state index in [4.69, 9.17) is 4.98 Å². The van der Waals surface area contributed by atoms with Crippen LogP contribution in [0.3, 0.4) is 0 Å². The molecule has 1 aromatic carbocycles. The number of carbonyl (C=O) groups is 1. The molecule has 0 bridgehead atoms. The molecule has 0 spiro atoms. The monoisotopic (exact) mass is 385 g/mol. The normalized spacial score (nSPS) is 16.2. The minimum absolute atomic E-state index is 0.0423. The number of aliphatic hydroxyl groups is 1. The van der Waals surface area contributed by atoms with Gasteiger partial charge in [0.1, 0.15) is 5.82 Å². The van der Waals surface area contributed by atoms with Crippen LogP contribution in [0.15, 0.2) is 18.2 Å². The van der Waals surface area contributed by atoms with Crippen molar-refractivity contribution < 1.29 is 9.90 Å². The van der Waals surface area contributed by atoms with E-state index < -0.39 is 0 Å². The summed E-state index contributed by atoms with van der Waals surface area (Å²) in [4.78, 5) is 17.6. The summed E-state index contributed by atoms with van der Waals surface area (Å²) in [6.45, 7) is 6.39. The second-order valence-electron chi connectivity index (χ2n) is 8.19. The van der Waals surface area contributed by atoms with E-state index in [0.29, 0.717) is 18.0 Å². The van der Waals surface area contributed by atoms with Gasteiger partial charge < -0.3 is 15.0 Å². The van der Waals surface area contributed by atoms with Crippen LogP contribution in [0, 0.1) is 5.92 Å². The summed E-state index contributed by atoms with van der Waals surface area (Å²) in [7, 11) is 0. The Balaban J connectivity index is 1.95. The van der Waals surface area contributed by atoms with Gasteiger partial charge in [0.2, 0.25) is 0 Å². The Hall–Kier alpha value is -1.88. The molecular formula is C23H35N3O2. The number of hydrogen-bond acceptors (Lipinski definition) is 3. The Labute approximate surface area is 168 Å². The summed E-state index contributed by atoms with van der Waals surface area (Å²) in [5.41, 5.74) is 2.65. The van der Waals surface area contributed by atoms with Crippen LogP contribution in [0.1, 0.15) is 87.9 Å². The highest BCUT2D eigenvalue weighted by Gasteiger charge is 2.23. The van der Waals surface area contributed by atoms with Crippen LogP contribution in [0.4, 0.5) is 0 Å². The Kier molecular flexibility index (Phi) is 7.11. The molecule has 3 rings (SSSR count). The molecule has 5 nitrogen and oxygen atoms in total. The molecule has 5 heteroatoms. The van der Waals surface area contributed by atoms with E-state index in [1.165, 1.54) is 31.5 Å². The third kappa shape index (κ3) is 4.40. The maximum Gasteiger partial charge on any atom is 0.251 e. The molecule has 1 fully saturated rings. The third-order valence-corrected chi connectivity index (χ3v) is 6.33. The average Bonchev–Trinajstić information content (AvgIpc) is 3.35. The van der Waals surface area contributed by atoms with E-state index in [2.05, 4.69) is 23.7 Å². The van der Waals surface area contributed by atoms with Gasteiger partial charge in [0.25, 0.3) is 5.91 Å². The van der Waals surface area contributed by atoms with E-state index in [9.17, 15) is 9.90 Å². The third-order valence-electron chi connectivity index (χ3n) is 6.33. The van der Waals surface area contributed by atoms with Crippen molar-refractivity contribution in [1.82, 2.24) is 14.9 Å². The van der Waals surface area contributed by atoms with Crippen LogP contribution in [-0.4, -0.2) is 33.2 Å². The van der Waals surface area contributed by atoms with Gasteiger partial charge in [-0.05, 0) is 43.4 Å². The van der Waals surface area contributed by atoms with Crippen LogP contribution in [0.25, 0.3) is 11.0 Å². The molecule has 1 aliphatic carbocycles. The molecule has 2 aromatic rings. The first-order valence-electron chi connectivity index (χ1n) is 11.0. The molecule has 1 heterocycles. The Morgan fingerprint density at radius 3 is 2.54 bits per heavy atom. The first-order valence-corrected chi connectivity index (χ1v) is 11.0. The SMILES string of the molecule is CCC(CO)NC(=O)c1ccc2c(c1)nc(CC1CCCC1)n2C(CC)CC. The van der Waals surface area contributed by atoms with E-state index in [0.717, 1.165) is 36.2 Å². The van der Waals surface area contributed by atoms with Gasteiger partial charge in [-0.1, -0.05) is 46.5 Å². The van der Waals surface area contributed by atoms with Gasteiger partial charge in [0.15, 0.2) is 0 Å². The van der Waals surface area contributed by atoms with Crippen molar-refractivity contribution in [1.29, 1.82) is 0 Å². The number of aromatic nitrogens is 2. The van der Waals surface area contributed by atoms with Gasteiger partial charge in [0, 0.05) is 18.0 Å². The zero-order chi connectivity index (χ0) is 20.1. The quantitative estimate of drug-likeness (QED) is 0.661. The van der Waals surface area contributed by atoms with Crippen molar-refractivity contribution in [3.63, 3.8) is 0 Å². The number of amides is 1. The molecule has 1 saturated carbocycles. The molecule has 1 amide bonds. The highest BCUT2D eigenvalue weighted by Crippen LogP contribution is 2.32. The molecular weight excluding hydrogens is 350 g/mol. The molecule has 1 atom stereocenters. The highest BCUT2D eigenvalue weighted by molar-refractivity contribution is 5.97. The maximum absolute atomic E-state index is 12.6. The number of rotatable bonds is 9. The minimum atomic E-state index is -0.205. The molecule has 1 unspecified atom stereocenters. The zero-order valence-electron chi connectivity index (χ0n) is 17.6. The van der Waals surface area contributed by atoms with Gasteiger partial charge in [-0.15, -0.1) is 0 Å². The fourth-order valence-corrected chi connectivity index (χ4v) is 4.51. The summed E-state index contributed by atoms with van der Waals surface area (Å²) < 4.78 is 2.43. The molecule has 0 aliphatic heterocycles. The second-order valence-corrected chi connectivity index (χ2v) is 8.19. The van der Waals surface area contributed by atoms with E-state index >= 15 is 0 Å². The number of nitrogens with one attached hydrogen (secondary N) is 1. The summed E-state index contributed by atoms with van der Waals surface area (Å²) >= 11 is 0. The van der Waals surface area contributed by atoms with Crippen molar-refractivity contribution in [2.75, 3.05) is 6.61 Å². The van der Waals surface area contributed by atoms with Crippen molar-refractivity contribution in [3.05, 3.63) is 29.6 Å². The van der Waals surface area contributed by atoms with Crippen LogP contribution in [0.5, 0.6) is 0 Å². The predicted octanol–water partition coefficient (Wildman–Crippen LogP) is 4.63. The molecule has 28 heavy (non-hydrogen) atoms. The highest BCUT2D eigenvalue weighted by atomic mass is 16.3. The summed E-state index contributed by atoms with van der Waals surface area (Å²) in [5.74, 6) is 1.77. The first-order chi connectivity index (χ1) is 13.6. The van der Waals surface area contributed by atoms with Crippen LogP contribution in [0.2, 0.25) is 0 Å². The van der Waals surface area contributed by atoms with Crippen molar-refractivity contribution >= 4 is 16.9 Å². The summed E-state index contributed by atoms with van der Waals surface area (Å²) in [6.07, 6.45) is 9.19. The largest absolute Gasteiger partial charge is 0.394 e. The van der Waals surface area contributed by atoms with Crippen molar-refractivity contribution in [2.24, 2.45) is 5.92 Å². The Morgan fingerprint density at radius 1 is 1.21 bits per heavy atom. The first kappa shape index (κ1) is 20.8. The Morgan fingerprint density at radius 2 is 1.93 bits per heavy atom. The lowest BCUT2D eigenvalue weighted by Gasteiger charge is -2.20. The lowest BCUT2D eigenvalue weighted by molar-refractivity contribution is 0.0915. The van der Waals surface area contributed by atoms with Gasteiger partial charge in [0.05, 0.1) is 23.7 Å². The summed E-state index contributed by atoms with van der Waals surface area (Å²) in [5, 5.41) is 12.3. The fraction of sp³-hybridized carbons (Fsp3) is 0.652. The number of imidazole rings is 1. The predicted molar refractivity (Wildman–Crippen MR) is 114 cm³/mol. The molecule has 0 saturated heterocycles. The van der Waals surface area contributed by atoms with Crippen LogP contribution < -0.4 is 5.32 Å². The number of carbonyl (C=O) groups excluding carboxylic acids is 1.